The Hall–Kier alpha value is -3.57. The van der Waals surface area contributed by atoms with Crippen LogP contribution in [0.25, 0.3) is 0 Å². The van der Waals surface area contributed by atoms with Crippen LogP contribution in [0.2, 0.25) is 5.02 Å². The fourth-order valence-electron chi connectivity index (χ4n) is 2.69. The zero-order valence-electron chi connectivity index (χ0n) is 17.8. The molecule has 34 heavy (non-hydrogen) atoms. The standard InChI is InChI=1S/C15H12ClFN2O2.C6H4FO2P.C2H3N/c16-10-2-1-3-11(17)14(10)15(20)19-9-4-5-13-12(8-9)18-6-7-21-13;7-5-1-3-6(4-2-5)10(8)9;1-2-3/h1-5,8,18H,6-7H2,(H,19,20);1-4H;1H3. The van der Waals surface area contributed by atoms with Crippen molar-refractivity contribution in [2.24, 2.45) is 0 Å². The van der Waals surface area contributed by atoms with Gasteiger partial charge in [-0.15, -0.1) is 0 Å². The molecule has 176 valence electrons. The summed E-state index contributed by atoms with van der Waals surface area (Å²) < 4.78 is 41.5. The normalized spacial score (nSPS) is 11.5. The van der Waals surface area contributed by atoms with Crippen LogP contribution >= 0.6 is 19.6 Å². The Morgan fingerprint density at radius 3 is 2.50 bits per heavy atom. The third-order valence-corrected chi connectivity index (χ3v) is 5.17. The van der Waals surface area contributed by atoms with Crippen molar-refractivity contribution in [1.82, 2.24) is 0 Å². The number of carbonyl (C=O) groups excluding carboxylic acids is 1. The number of nitrogens with zero attached hydrogens (tertiary/aromatic N) is 1. The quantitative estimate of drug-likeness (QED) is 0.502. The fourth-order valence-corrected chi connectivity index (χ4v) is 3.33. The lowest BCUT2D eigenvalue weighted by molar-refractivity contribution is -0.160. The van der Waals surface area contributed by atoms with Crippen molar-refractivity contribution >= 4 is 42.2 Å². The summed E-state index contributed by atoms with van der Waals surface area (Å²) in [4.78, 5) is 22.4. The van der Waals surface area contributed by atoms with Crippen molar-refractivity contribution in [2.75, 3.05) is 23.8 Å². The van der Waals surface area contributed by atoms with E-state index in [0.717, 1.165) is 23.6 Å². The van der Waals surface area contributed by atoms with Gasteiger partial charge >= 0.3 is 8.03 Å². The second-order valence-electron chi connectivity index (χ2n) is 6.49. The molecule has 7 nitrogen and oxygen atoms in total. The molecule has 0 fully saturated rings. The number of amides is 1. The lowest BCUT2D eigenvalue weighted by Crippen LogP contribution is -2.19. The average Bonchev–Trinajstić information content (AvgIpc) is 2.80. The minimum Gasteiger partial charge on any atom is -0.591 e. The van der Waals surface area contributed by atoms with Crippen molar-refractivity contribution in [2.45, 2.75) is 6.92 Å². The van der Waals surface area contributed by atoms with Gasteiger partial charge in [0.1, 0.15) is 24.0 Å². The number of nitriles is 1. The van der Waals surface area contributed by atoms with Crippen LogP contribution in [0.5, 0.6) is 5.75 Å². The molecule has 1 heterocycles. The van der Waals surface area contributed by atoms with Crippen molar-refractivity contribution in [3.63, 3.8) is 0 Å². The van der Waals surface area contributed by atoms with Gasteiger partial charge in [-0.05, 0) is 54.6 Å². The molecule has 1 unspecified atom stereocenters. The molecule has 1 aliphatic heterocycles. The van der Waals surface area contributed by atoms with E-state index in [4.69, 9.17) is 21.6 Å². The smallest absolute Gasteiger partial charge is 0.348 e. The summed E-state index contributed by atoms with van der Waals surface area (Å²) >= 11 is 5.87. The van der Waals surface area contributed by atoms with Gasteiger partial charge in [-0.2, -0.15) is 5.26 Å². The maximum absolute atomic E-state index is 13.7. The molecule has 0 aliphatic carbocycles. The van der Waals surface area contributed by atoms with Crippen molar-refractivity contribution in [3.05, 3.63) is 82.9 Å². The first-order valence-electron chi connectivity index (χ1n) is 9.73. The molecule has 1 amide bonds. The summed E-state index contributed by atoms with van der Waals surface area (Å²) in [6, 6.07) is 15.7. The molecule has 11 heteroatoms. The van der Waals surface area contributed by atoms with Crippen LogP contribution < -0.4 is 25.6 Å². The molecule has 0 bridgehead atoms. The molecule has 3 aromatic rings. The summed E-state index contributed by atoms with van der Waals surface area (Å²) in [6.07, 6.45) is 0. The van der Waals surface area contributed by atoms with E-state index in [9.17, 15) is 23.0 Å². The second kappa shape index (κ2) is 13.2. The third kappa shape index (κ3) is 7.78. The largest absolute Gasteiger partial charge is 0.591 e. The third-order valence-electron chi connectivity index (χ3n) is 4.14. The summed E-state index contributed by atoms with van der Waals surface area (Å²) in [5.74, 6) is -0.946. The van der Waals surface area contributed by atoms with Gasteiger partial charge in [-0.1, -0.05) is 22.2 Å². The summed E-state index contributed by atoms with van der Waals surface area (Å²) in [7, 11) is -2.57. The Bertz CT molecular complexity index is 1180. The van der Waals surface area contributed by atoms with E-state index < -0.39 is 25.6 Å². The van der Waals surface area contributed by atoms with Crippen LogP contribution in [-0.2, 0) is 4.57 Å². The molecular weight excluding hydrogens is 487 g/mol. The number of nitrogens with one attached hydrogen (secondary N) is 2. The van der Waals surface area contributed by atoms with E-state index in [1.807, 2.05) is 0 Å². The molecule has 0 spiro atoms. The highest BCUT2D eigenvalue weighted by Crippen LogP contribution is 2.30. The first-order chi connectivity index (χ1) is 16.3. The highest BCUT2D eigenvalue weighted by molar-refractivity contribution is 7.45. The SMILES string of the molecule is CC#N.O=C(Nc1ccc2c(c1)NCCO2)c1c(F)cccc1Cl.O=[P+]([O-])c1ccc(F)cc1. The number of ether oxygens (including phenoxy) is 1. The van der Waals surface area contributed by atoms with E-state index in [1.54, 1.807) is 24.3 Å². The number of fused-ring (bicyclic) bond motifs is 1. The van der Waals surface area contributed by atoms with Crippen LogP contribution in [0.1, 0.15) is 17.3 Å². The highest BCUT2D eigenvalue weighted by Gasteiger charge is 2.17. The molecule has 1 atom stereocenters. The average molecular weight is 506 g/mol. The predicted octanol–water partition coefficient (Wildman–Crippen LogP) is 4.62. The maximum atomic E-state index is 13.7. The Labute approximate surface area is 200 Å². The number of hydrogen-bond donors (Lipinski definition) is 2. The molecule has 1 aliphatic rings. The molecule has 4 rings (SSSR count). The fraction of sp³-hybridized carbons (Fsp3) is 0.130. The van der Waals surface area contributed by atoms with Gasteiger partial charge in [0.25, 0.3) is 5.91 Å². The molecule has 3 aromatic carbocycles. The first kappa shape index (κ1) is 26.7. The summed E-state index contributed by atoms with van der Waals surface area (Å²) in [5, 5.41) is 13.3. The van der Waals surface area contributed by atoms with Crippen LogP contribution in [0.15, 0.2) is 60.7 Å². The van der Waals surface area contributed by atoms with E-state index in [1.165, 1.54) is 37.3 Å². The van der Waals surface area contributed by atoms with E-state index >= 15 is 0 Å². The highest BCUT2D eigenvalue weighted by atomic mass is 35.5. The molecular formula is C23H19ClF2N3O4P. The van der Waals surface area contributed by atoms with Gasteiger partial charge in [0, 0.05) is 19.2 Å². The Balaban J connectivity index is 0.000000263. The molecule has 2 N–H and O–H groups in total. The van der Waals surface area contributed by atoms with Crippen LogP contribution in [0, 0.1) is 23.0 Å². The van der Waals surface area contributed by atoms with Gasteiger partial charge < -0.3 is 20.3 Å². The summed E-state index contributed by atoms with van der Waals surface area (Å²) in [6.45, 7) is 2.73. The first-order valence-corrected chi connectivity index (χ1v) is 11.3. The van der Waals surface area contributed by atoms with Gasteiger partial charge in [0.15, 0.2) is 5.30 Å². The molecule has 0 saturated heterocycles. The number of rotatable bonds is 3. The van der Waals surface area contributed by atoms with Crippen molar-refractivity contribution in [1.29, 1.82) is 5.26 Å². The van der Waals surface area contributed by atoms with Crippen molar-refractivity contribution in [3.8, 4) is 11.8 Å². The number of anilines is 2. The molecule has 0 aromatic heterocycles. The lowest BCUT2D eigenvalue weighted by Gasteiger charge is -2.19. The predicted molar refractivity (Wildman–Crippen MR) is 125 cm³/mol. The van der Waals surface area contributed by atoms with Gasteiger partial charge in [0.05, 0.1) is 22.3 Å². The number of carbonyl (C=O) groups is 1. The van der Waals surface area contributed by atoms with Crippen molar-refractivity contribution < 1.29 is 27.8 Å². The Morgan fingerprint density at radius 1 is 1.21 bits per heavy atom. The van der Waals surface area contributed by atoms with Crippen LogP contribution in [-0.4, -0.2) is 19.1 Å². The zero-order valence-corrected chi connectivity index (χ0v) is 19.5. The monoisotopic (exact) mass is 505 g/mol. The lowest BCUT2D eigenvalue weighted by atomic mass is 10.2. The minimum absolute atomic E-state index is 0.0759. The van der Waals surface area contributed by atoms with Gasteiger partial charge in [-0.3, -0.25) is 4.79 Å². The Morgan fingerprint density at radius 2 is 1.88 bits per heavy atom. The molecule has 0 radical (unpaired) electrons. The van der Waals surface area contributed by atoms with Gasteiger partial charge in [-0.25, -0.2) is 8.78 Å². The number of hydrogen-bond acceptors (Lipinski definition) is 6. The van der Waals surface area contributed by atoms with Crippen LogP contribution in [0.3, 0.4) is 0 Å². The van der Waals surface area contributed by atoms with E-state index in [0.29, 0.717) is 18.8 Å². The number of benzene rings is 3. The maximum Gasteiger partial charge on any atom is 0.348 e. The Kier molecular flexibility index (Phi) is 10.4. The number of halogens is 3. The van der Waals surface area contributed by atoms with E-state index in [-0.39, 0.29) is 15.9 Å². The van der Waals surface area contributed by atoms with E-state index in [2.05, 4.69) is 10.6 Å². The van der Waals surface area contributed by atoms with Crippen LogP contribution in [0.4, 0.5) is 20.2 Å². The second-order valence-corrected chi connectivity index (χ2v) is 7.93. The summed E-state index contributed by atoms with van der Waals surface area (Å²) in [5.41, 5.74) is 1.16. The topological polar surface area (TPSA) is 114 Å². The minimum atomic E-state index is -2.57. The van der Waals surface area contributed by atoms with Gasteiger partial charge in [0.2, 0.25) is 0 Å². The molecule has 0 saturated carbocycles. The zero-order chi connectivity index (χ0) is 25.1.